The third-order valence-electron chi connectivity index (χ3n) is 6.84. The minimum absolute atomic E-state index is 0.0246. The highest BCUT2D eigenvalue weighted by molar-refractivity contribution is 7.10. The van der Waals surface area contributed by atoms with Gasteiger partial charge in [0.25, 0.3) is 5.91 Å². The molecule has 5 heterocycles. The lowest BCUT2D eigenvalue weighted by molar-refractivity contribution is -0.116. The molecule has 0 bridgehead atoms. The topological polar surface area (TPSA) is 116 Å². The van der Waals surface area contributed by atoms with Crippen LogP contribution in [0.4, 0.5) is 15.7 Å². The number of hydrogen-bond donors (Lipinski definition) is 0. The molecule has 2 fully saturated rings. The summed E-state index contributed by atoms with van der Waals surface area (Å²) in [6.45, 7) is 5.76. The van der Waals surface area contributed by atoms with Gasteiger partial charge in [-0.05, 0) is 31.9 Å². The Morgan fingerprint density at radius 2 is 1.76 bits per heavy atom. The number of ketones is 1. The predicted molar refractivity (Wildman–Crippen MR) is 146 cm³/mol. The van der Waals surface area contributed by atoms with Crippen molar-refractivity contribution in [3.63, 3.8) is 0 Å². The largest absolute Gasteiger partial charge is 0.353 e. The summed E-state index contributed by atoms with van der Waals surface area (Å²) in [4.78, 5) is 58.3. The number of hydrogen-bond acceptors (Lipinski definition) is 10. The fraction of sp³-hybridized carbons (Fsp3) is 0.480. The average molecular weight is 555 g/mol. The maximum absolute atomic E-state index is 13.1. The van der Waals surface area contributed by atoms with Gasteiger partial charge in [-0.25, -0.2) is 19.7 Å². The van der Waals surface area contributed by atoms with Crippen molar-refractivity contribution in [3.8, 4) is 0 Å². The van der Waals surface area contributed by atoms with Crippen molar-refractivity contribution in [1.29, 1.82) is 0 Å². The molecule has 200 valence electrons. The summed E-state index contributed by atoms with van der Waals surface area (Å²) in [5, 5.41) is 3.14. The number of nitrogens with zero attached hydrogens (tertiary/aromatic N) is 8. The Balaban J connectivity index is 1.12. The van der Waals surface area contributed by atoms with Crippen LogP contribution in [-0.4, -0.2) is 93.2 Å². The van der Waals surface area contributed by atoms with Crippen LogP contribution in [-0.2, 0) is 11.2 Å². The van der Waals surface area contributed by atoms with Crippen LogP contribution in [0.25, 0.3) is 0 Å². The van der Waals surface area contributed by atoms with Crippen LogP contribution in [0.1, 0.15) is 47.0 Å². The maximum Gasteiger partial charge on any atom is 0.320 e. The molecule has 0 spiro atoms. The molecule has 3 aromatic heterocycles. The smallest absolute Gasteiger partial charge is 0.320 e. The molecule has 0 unspecified atom stereocenters. The van der Waals surface area contributed by atoms with Gasteiger partial charge in [-0.2, -0.15) is 4.37 Å². The van der Waals surface area contributed by atoms with Crippen molar-refractivity contribution in [2.45, 2.75) is 32.1 Å². The van der Waals surface area contributed by atoms with E-state index < -0.39 is 0 Å². The van der Waals surface area contributed by atoms with Crippen LogP contribution in [0, 0.1) is 0 Å². The van der Waals surface area contributed by atoms with Gasteiger partial charge in [0.2, 0.25) is 5.13 Å². The van der Waals surface area contributed by atoms with Crippen LogP contribution in [0.2, 0.25) is 0 Å². The van der Waals surface area contributed by atoms with E-state index in [1.165, 1.54) is 23.2 Å². The first-order chi connectivity index (χ1) is 18.4. The second-order valence-corrected chi connectivity index (χ2v) is 11.1. The molecule has 38 heavy (non-hydrogen) atoms. The minimum Gasteiger partial charge on any atom is -0.353 e. The molecule has 0 radical (unpaired) electrons. The summed E-state index contributed by atoms with van der Waals surface area (Å²) in [6.07, 6.45) is 3.59. The molecule has 2 aliphatic rings. The highest BCUT2D eigenvalue weighted by Crippen LogP contribution is 2.31. The first-order valence-corrected chi connectivity index (χ1v) is 14.3. The van der Waals surface area contributed by atoms with Gasteiger partial charge >= 0.3 is 6.03 Å². The molecule has 5 rings (SSSR count). The van der Waals surface area contributed by atoms with Gasteiger partial charge in [0, 0.05) is 75.3 Å². The maximum atomic E-state index is 13.1. The van der Waals surface area contributed by atoms with Gasteiger partial charge in [-0.15, -0.1) is 11.3 Å². The van der Waals surface area contributed by atoms with Gasteiger partial charge < -0.3 is 14.7 Å². The zero-order valence-electron chi connectivity index (χ0n) is 21.4. The number of piperidine rings is 1. The van der Waals surface area contributed by atoms with E-state index in [1.807, 2.05) is 28.0 Å². The standard InChI is InChI=1S/C25H30N8O3S2/c1-17(34)15-20-28-24(38-29-20)30(2)23(35)19-16-37-22(27-19)18-6-9-32(10-7-18)25(36)33-13-11-31(12-14-33)21-5-3-4-8-26-21/h3-5,8,16,18H,6-7,9-15H2,1-2H3. The second-order valence-electron chi connectivity index (χ2n) is 9.51. The molecule has 2 saturated heterocycles. The lowest BCUT2D eigenvalue weighted by Gasteiger charge is -2.39. The van der Waals surface area contributed by atoms with E-state index in [0.717, 1.165) is 48.3 Å². The Morgan fingerprint density at radius 3 is 2.45 bits per heavy atom. The number of aromatic nitrogens is 4. The fourth-order valence-corrected chi connectivity index (χ4v) is 6.30. The third-order valence-corrected chi connectivity index (χ3v) is 8.67. The number of anilines is 2. The zero-order chi connectivity index (χ0) is 26.6. The Bertz CT molecular complexity index is 1280. The van der Waals surface area contributed by atoms with Crippen molar-refractivity contribution < 1.29 is 14.4 Å². The molecule has 3 amide bonds. The number of thiazole rings is 1. The molecule has 11 nitrogen and oxygen atoms in total. The summed E-state index contributed by atoms with van der Waals surface area (Å²) < 4.78 is 4.16. The Labute approximate surface area is 229 Å². The Kier molecular flexibility index (Phi) is 7.93. The van der Waals surface area contributed by atoms with E-state index in [2.05, 4.69) is 24.2 Å². The predicted octanol–water partition coefficient (Wildman–Crippen LogP) is 2.92. The first kappa shape index (κ1) is 26.2. The number of amides is 3. The highest BCUT2D eigenvalue weighted by Gasteiger charge is 2.31. The molecular formula is C25H30N8O3S2. The summed E-state index contributed by atoms with van der Waals surface area (Å²) in [5.74, 6) is 1.32. The van der Waals surface area contributed by atoms with Crippen LogP contribution in [0.3, 0.4) is 0 Å². The molecular weight excluding hydrogens is 524 g/mol. The van der Waals surface area contributed by atoms with Crippen LogP contribution in [0.15, 0.2) is 29.8 Å². The molecule has 0 atom stereocenters. The number of urea groups is 1. The van der Waals surface area contributed by atoms with Crippen LogP contribution < -0.4 is 9.80 Å². The summed E-state index contributed by atoms with van der Waals surface area (Å²) in [6, 6.07) is 5.99. The first-order valence-electron chi connectivity index (χ1n) is 12.6. The molecule has 13 heteroatoms. The molecule has 0 aromatic carbocycles. The van der Waals surface area contributed by atoms with Crippen LogP contribution in [0.5, 0.6) is 0 Å². The monoisotopic (exact) mass is 554 g/mol. The number of rotatable bonds is 6. The van der Waals surface area contributed by atoms with E-state index in [4.69, 9.17) is 0 Å². The van der Waals surface area contributed by atoms with Crippen molar-refractivity contribution in [2.24, 2.45) is 0 Å². The van der Waals surface area contributed by atoms with E-state index in [-0.39, 0.29) is 30.1 Å². The third kappa shape index (κ3) is 5.83. The summed E-state index contributed by atoms with van der Waals surface area (Å²) in [7, 11) is 1.64. The van der Waals surface area contributed by atoms with Crippen LogP contribution >= 0.6 is 22.9 Å². The van der Waals surface area contributed by atoms with Gasteiger partial charge in [0.1, 0.15) is 17.3 Å². The zero-order valence-corrected chi connectivity index (χ0v) is 23.1. The minimum atomic E-state index is -0.254. The number of piperazine rings is 1. The van der Waals surface area contributed by atoms with Gasteiger partial charge in [-0.3, -0.25) is 14.5 Å². The Morgan fingerprint density at radius 1 is 1.03 bits per heavy atom. The van der Waals surface area contributed by atoms with Crippen molar-refractivity contribution in [1.82, 2.24) is 29.1 Å². The number of carbonyl (C=O) groups excluding carboxylic acids is 3. The number of carbonyl (C=O) groups is 3. The number of Topliss-reactive ketones (excluding diaryl/α,β-unsaturated/α-hetero) is 1. The van der Waals surface area contributed by atoms with Crippen molar-refractivity contribution in [2.75, 3.05) is 56.1 Å². The molecule has 0 aliphatic carbocycles. The van der Waals surface area contributed by atoms with E-state index >= 15 is 0 Å². The van der Waals surface area contributed by atoms with E-state index in [1.54, 1.807) is 18.6 Å². The number of pyridine rings is 1. The van der Waals surface area contributed by atoms with Gasteiger partial charge in [-0.1, -0.05) is 6.07 Å². The lowest BCUT2D eigenvalue weighted by atomic mass is 9.98. The average Bonchev–Trinajstić information content (AvgIpc) is 3.63. The van der Waals surface area contributed by atoms with E-state index in [9.17, 15) is 14.4 Å². The Hall–Kier alpha value is -3.45. The highest BCUT2D eigenvalue weighted by atomic mass is 32.1. The van der Waals surface area contributed by atoms with E-state index in [0.29, 0.717) is 42.8 Å². The van der Waals surface area contributed by atoms with Crippen molar-refractivity contribution >= 4 is 51.5 Å². The SMILES string of the molecule is CC(=O)Cc1nsc(N(C)C(=O)c2csc(C3CCN(C(=O)N4CCN(c5ccccn5)CC4)CC3)n2)n1. The summed E-state index contributed by atoms with van der Waals surface area (Å²) >= 11 is 2.58. The molecule has 0 saturated carbocycles. The second kappa shape index (κ2) is 11.5. The lowest BCUT2D eigenvalue weighted by Crippen LogP contribution is -2.54. The van der Waals surface area contributed by atoms with Crippen molar-refractivity contribution in [3.05, 3.63) is 46.3 Å². The van der Waals surface area contributed by atoms with Gasteiger partial charge in [0.15, 0.2) is 5.82 Å². The normalized spacial score (nSPS) is 16.5. The summed E-state index contributed by atoms with van der Waals surface area (Å²) in [5.41, 5.74) is 0.375. The quantitative estimate of drug-likeness (QED) is 0.457. The fourth-order valence-electron chi connectivity index (χ4n) is 4.69. The van der Waals surface area contributed by atoms with Gasteiger partial charge in [0.05, 0.1) is 11.4 Å². The molecule has 2 aliphatic heterocycles. The molecule has 3 aromatic rings. The number of likely N-dealkylation sites (tertiary alicyclic amines) is 1. The molecule has 0 N–H and O–H groups in total.